The van der Waals surface area contributed by atoms with E-state index in [4.69, 9.17) is 19.5 Å². The number of hydrogen-bond acceptors (Lipinski definition) is 7. The second-order valence-corrected chi connectivity index (χ2v) is 10.1. The molecule has 1 N–H and O–H groups in total. The van der Waals surface area contributed by atoms with Crippen LogP contribution >= 0.6 is 27.7 Å². The summed E-state index contributed by atoms with van der Waals surface area (Å²) in [7, 11) is 3.15. The van der Waals surface area contributed by atoms with Crippen molar-refractivity contribution < 1.29 is 14.3 Å². The number of amides is 1. The highest BCUT2D eigenvalue weighted by molar-refractivity contribution is 9.10. The van der Waals surface area contributed by atoms with Gasteiger partial charge >= 0.3 is 0 Å². The third kappa shape index (κ3) is 5.64. The van der Waals surface area contributed by atoms with Crippen molar-refractivity contribution in [3.8, 4) is 11.5 Å². The van der Waals surface area contributed by atoms with E-state index < -0.39 is 5.66 Å². The van der Waals surface area contributed by atoms with Crippen LogP contribution in [-0.2, 0) is 4.79 Å². The molecule has 180 valence electrons. The first-order valence-electron chi connectivity index (χ1n) is 11.3. The lowest BCUT2D eigenvalue weighted by Gasteiger charge is -2.34. The molecule has 0 saturated carbocycles. The summed E-state index contributed by atoms with van der Waals surface area (Å²) < 4.78 is 11.6. The lowest BCUT2D eigenvalue weighted by atomic mass is 9.98. The van der Waals surface area contributed by atoms with Gasteiger partial charge in [0.15, 0.2) is 17.2 Å². The summed E-state index contributed by atoms with van der Waals surface area (Å²) in [5.41, 5.74) is 2.13. The van der Waals surface area contributed by atoms with E-state index in [2.05, 4.69) is 33.1 Å². The molecule has 7 nitrogen and oxygen atoms in total. The van der Waals surface area contributed by atoms with Crippen molar-refractivity contribution in [2.45, 2.75) is 25.4 Å². The number of methoxy groups -OCH3 is 2. The number of piperidine rings is 1. The van der Waals surface area contributed by atoms with Gasteiger partial charge in [0, 0.05) is 47.7 Å². The molecule has 2 aliphatic heterocycles. The van der Waals surface area contributed by atoms with Gasteiger partial charge in [0.2, 0.25) is 5.91 Å². The van der Waals surface area contributed by atoms with Crippen molar-refractivity contribution in [3.05, 3.63) is 52.5 Å². The summed E-state index contributed by atoms with van der Waals surface area (Å²) in [4.78, 5) is 25.4. The fraction of sp³-hybridized carbons (Fsp3) is 0.400. The number of anilines is 1. The number of ether oxygens (including phenoxy) is 2. The van der Waals surface area contributed by atoms with Gasteiger partial charge in [-0.05, 0) is 30.8 Å². The zero-order chi connectivity index (χ0) is 24.1. The van der Waals surface area contributed by atoms with Crippen LogP contribution in [0.15, 0.2) is 56.9 Å². The second-order valence-electron chi connectivity index (χ2n) is 8.21. The molecule has 0 aromatic heterocycles. The molecule has 0 unspecified atom stereocenters. The Hall–Kier alpha value is -2.36. The van der Waals surface area contributed by atoms with Crippen LogP contribution in [0.25, 0.3) is 0 Å². The zero-order valence-electron chi connectivity index (χ0n) is 19.6. The number of carbonyl (C=O) groups is 1. The van der Waals surface area contributed by atoms with Gasteiger partial charge in [-0.1, -0.05) is 46.7 Å². The summed E-state index contributed by atoms with van der Waals surface area (Å²) in [6, 6.07) is 13.4. The minimum Gasteiger partial charge on any atom is -0.493 e. The molecule has 9 heteroatoms. The third-order valence-corrected chi connectivity index (χ3v) is 7.55. The Bertz CT molecular complexity index is 1100. The minimum atomic E-state index is -0.420. The molecule has 2 aromatic rings. The molecule has 1 saturated heterocycles. The number of nitrogens with one attached hydrogen (secondary N) is 1. The minimum absolute atomic E-state index is 0.114. The SMILES string of the molecule is CCN1CCC2(CC1)N=C(SCC(=O)Nc1ccc(OC)c(OC)c1)C(c1ccc(Br)cc1)=N2. The van der Waals surface area contributed by atoms with Crippen molar-refractivity contribution in [2.24, 2.45) is 9.98 Å². The van der Waals surface area contributed by atoms with Crippen LogP contribution in [0, 0.1) is 0 Å². The van der Waals surface area contributed by atoms with Gasteiger partial charge in [0.25, 0.3) is 0 Å². The lowest BCUT2D eigenvalue weighted by Crippen LogP contribution is -2.41. The van der Waals surface area contributed by atoms with Gasteiger partial charge in [-0.2, -0.15) is 0 Å². The summed E-state index contributed by atoms with van der Waals surface area (Å²) in [5, 5.41) is 3.76. The van der Waals surface area contributed by atoms with Crippen LogP contribution in [-0.4, -0.2) is 66.8 Å². The molecule has 2 aliphatic rings. The van der Waals surface area contributed by atoms with Crippen molar-refractivity contribution in [1.29, 1.82) is 0 Å². The maximum atomic E-state index is 12.7. The Morgan fingerprint density at radius 3 is 2.44 bits per heavy atom. The van der Waals surface area contributed by atoms with Gasteiger partial charge in [0.1, 0.15) is 5.04 Å². The van der Waals surface area contributed by atoms with E-state index in [1.54, 1.807) is 32.4 Å². The zero-order valence-corrected chi connectivity index (χ0v) is 22.0. The van der Waals surface area contributed by atoms with Gasteiger partial charge in [-0.25, -0.2) is 4.99 Å². The fourth-order valence-corrected chi connectivity index (χ4v) is 5.25. The summed E-state index contributed by atoms with van der Waals surface area (Å²) in [5.74, 6) is 1.31. The van der Waals surface area contributed by atoms with Crippen molar-refractivity contribution in [1.82, 2.24) is 4.90 Å². The summed E-state index contributed by atoms with van der Waals surface area (Å²) in [6.07, 6.45) is 1.78. The van der Waals surface area contributed by atoms with Crippen LogP contribution < -0.4 is 14.8 Å². The van der Waals surface area contributed by atoms with Crippen LogP contribution in [0.3, 0.4) is 0 Å². The van der Waals surface area contributed by atoms with E-state index in [9.17, 15) is 4.79 Å². The molecule has 1 fully saturated rings. The number of rotatable bonds is 7. The third-order valence-electron chi connectivity index (χ3n) is 6.06. The highest BCUT2D eigenvalue weighted by atomic mass is 79.9. The number of thioether (sulfide) groups is 1. The normalized spacial score (nSPS) is 17.3. The highest BCUT2D eigenvalue weighted by Crippen LogP contribution is 2.36. The first-order valence-corrected chi connectivity index (χ1v) is 13.1. The first kappa shape index (κ1) is 24.8. The predicted molar refractivity (Wildman–Crippen MR) is 143 cm³/mol. The highest BCUT2D eigenvalue weighted by Gasteiger charge is 2.39. The Labute approximate surface area is 213 Å². The van der Waals surface area contributed by atoms with Crippen molar-refractivity contribution in [2.75, 3.05) is 44.9 Å². The standard InChI is InChI=1S/C25H29BrN4O3S/c1-4-30-13-11-25(12-14-30)28-23(17-5-7-18(26)8-6-17)24(29-25)34-16-22(31)27-19-9-10-20(32-2)21(15-19)33-3/h5-10,15H,4,11-14,16H2,1-3H3,(H,27,31). The maximum absolute atomic E-state index is 12.7. The first-order chi connectivity index (χ1) is 16.4. The molecule has 4 rings (SSSR count). The molecule has 0 radical (unpaired) electrons. The van der Waals surface area contributed by atoms with E-state index >= 15 is 0 Å². The molecule has 0 atom stereocenters. The predicted octanol–water partition coefficient (Wildman–Crippen LogP) is 4.85. The molecular formula is C25H29BrN4O3S. The molecule has 2 aromatic carbocycles. The van der Waals surface area contributed by atoms with Gasteiger partial charge in [-0.3, -0.25) is 9.79 Å². The molecular weight excluding hydrogens is 516 g/mol. The molecule has 34 heavy (non-hydrogen) atoms. The van der Waals surface area contributed by atoms with Crippen LogP contribution in [0.1, 0.15) is 25.3 Å². The van der Waals surface area contributed by atoms with Gasteiger partial charge < -0.3 is 19.7 Å². The smallest absolute Gasteiger partial charge is 0.234 e. The number of aliphatic imine (C=N–C) groups is 2. The monoisotopic (exact) mass is 544 g/mol. The molecule has 0 aliphatic carbocycles. The lowest BCUT2D eigenvalue weighted by molar-refractivity contribution is -0.113. The second kappa shape index (κ2) is 10.9. The number of carbonyl (C=O) groups excluding carboxylic acids is 1. The van der Waals surface area contributed by atoms with E-state index in [0.717, 1.165) is 53.3 Å². The number of hydrogen-bond donors (Lipinski definition) is 1. The molecule has 0 bridgehead atoms. The van der Waals surface area contributed by atoms with E-state index in [0.29, 0.717) is 17.2 Å². The fourth-order valence-electron chi connectivity index (χ4n) is 4.12. The van der Waals surface area contributed by atoms with E-state index in [1.807, 2.05) is 24.3 Å². The number of nitrogens with zero attached hydrogens (tertiary/aromatic N) is 3. The average Bonchev–Trinajstić information content (AvgIpc) is 3.21. The molecule has 2 heterocycles. The summed E-state index contributed by atoms with van der Waals surface area (Å²) >= 11 is 4.94. The number of halogens is 1. The van der Waals surface area contributed by atoms with Crippen LogP contribution in [0.4, 0.5) is 5.69 Å². The number of likely N-dealkylation sites (tertiary alicyclic amines) is 1. The topological polar surface area (TPSA) is 75.5 Å². The van der Waals surface area contributed by atoms with Crippen molar-refractivity contribution in [3.63, 3.8) is 0 Å². The summed E-state index contributed by atoms with van der Waals surface area (Å²) in [6.45, 7) is 5.19. The Kier molecular flexibility index (Phi) is 7.95. The molecule has 1 spiro atoms. The quantitative estimate of drug-likeness (QED) is 0.539. The Morgan fingerprint density at radius 1 is 1.09 bits per heavy atom. The Balaban J connectivity index is 1.48. The van der Waals surface area contributed by atoms with Gasteiger partial charge in [-0.15, -0.1) is 0 Å². The maximum Gasteiger partial charge on any atom is 0.234 e. The van der Waals surface area contributed by atoms with E-state index in [1.165, 1.54) is 11.8 Å². The largest absolute Gasteiger partial charge is 0.493 e. The average molecular weight is 546 g/mol. The van der Waals surface area contributed by atoms with E-state index in [-0.39, 0.29) is 11.7 Å². The van der Waals surface area contributed by atoms with Crippen LogP contribution in [0.2, 0.25) is 0 Å². The van der Waals surface area contributed by atoms with Gasteiger partial charge in [0.05, 0.1) is 25.7 Å². The molecule has 1 amide bonds. The Morgan fingerprint density at radius 2 is 1.79 bits per heavy atom. The number of benzene rings is 2. The van der Waals surface area contributed by atoms with Crippen LogP contribution in [0.5, 0.6) is 11.5 Å². The van der Waals surface area contributed by atoms with Crippen molar-refractivity contribution >= 4 is 50.0 Å².